The molecular formula is C25H24ClN3O2. The fourth-order valence-corrected chi connectivity index (χ4v) is 3.84. The number of carbonyl (C=O) groups excluding carboxylic acids is 2. The van der Waals surface area contributed by atoms with E-state index in [9.17, 15) is 9.59 Å². The summed E-state index contributed by atoms with van der Waals surface area (Å²) >= 11 is 5.82. The highest BCUT2D eigenvalue weighted by Crippen LogP contribution is 2.24. The van der Waals surface area contributed by atoms with Gasteiger partial charge in [-0.15, -0.1) is 0 Å². The summed E-state index contributed by atoms with van der Waals surface area (Å²) in [4.78, 5) is 26.4. The number of carbonyl (C=O) groups is 2. The minimum atomic E-state index is -0.692. The van der Waals surface area contributed by atoms with Crippen LogP contribution in [0.2, 0.25) is 5.02 Å². The molecule has 2 N–H and O–H groups in total. The van der Waals surface area contributed by atoms with Crippen LogP contribution in [0.4, 0.5) is 11.4 Å². The van der Waals surface area contributed by atoms with Gasteiger partial charge in [0, 0.05) is 36.0 Å². The van der Waals surface area contributed by atoms with Crippen molar-refractivity contribution in [3.63, 3.8) is 0 Å². The normalized spacial score (nSPS) is 12.7. The Hall–Kier alpha value is -3.31. The standard InChI is InChI=1S/C25H24ClN3O2/c26-21-7-9-22(10-8-21)28-25(31)24(30)27-15-13-18-5-11-23(12-6-18)29-16-14-19-3-1-2-4-20(19)17-29/h1-12H,13-17H2,(H,27,30)(H,28,31). The lowest BCUT2D eigenvalue weighted by molar-refractivity contribution is -0.136. The predicted octanol–water partition coefficient (Wildman–Crippen LogP) is 4.20. The maximum absolute atomic E-state index is 12.0. The molecule has 31 heavy (non-hydrogen) atoms. The highest BCUT2D eigenvalue weighted by molar-refractivity contribution is 6.39. The zero-order chi connectivity index (χ0) is 21.6. The van der Waals surface area contributed by atoms with Gasteiger partial charge in [0.05, 0.1) is 0 Å². The first-order valence-corrected chi connectivity index (χ1v) is 10.7. The Morgan fingerprint density at radius 1 is 0.871 bits per heavy atom. The molecule has 1 aliphatic heterocycles. The summed E-state index contributed by atoms with van der Waals surface area (Å²) in [7, 11) is 0. The number of nitrogens with zero attached hydrogens (tertiary/aromatic N) is 1. The molecule has 1 aliphatic rings. The van der Waals surface area contributed by atoms with E-state index in [2.05, 4.69) is 64.1 Å². The summed E-state index contributed by atoms with van der Waals surface area (Å²) in [5.41, 5.74) is 5.66. The molecule has 5 nitrogen and oxygen atoms in total. The number of anilines is 2. The van der Waals surface area contributed by atoms with Gasteiger partial charge in [0.25, 0.3) is 0 Å². The van der Waals surface area contributed by atoms with Gasteiger partial charge in [-0.25, -0.2) is 0 Å². The summed E-state index contributed by atoms with van der Waals surface area (Å²) < 4.78 is 0. The third kappa shape index (κ3) is 5.44. The Kier molecular flexibility index (Phi) is 6.53. The number of amides is 2. The second kappa shape index (κ2) is 9.67. The van der Waals surface area contributed by atoms with Gasteiger partial charge in [-0.3, -0.25) is 9.59 Å². The number of nitrogens with one attached hydrogen (secondary N) is 2. The molecule has 0 saturated carbocycles. The highest BCUT2D eigenvalue weighted by atomic mass is 35.5. The Bertz CT molecular complexity index is 1060. The van der Waals surface area contributed by atoms with E-state index < -0.39 is 11.8 Å². The van der Waals surface area contributed by atoms with Crippen LogP contribution >= 0.6 is 11.6 Å². The van der Waals surface area contributed by atoms with E-state index in [0.717, 1.165) is 25.1 Å². The van der Waals surface area contributed by atoms with Gasteiger partial charge in [0.1, 0.15) is 0 Å². The summed E-state index contributed by atoms with van der Waals surface area (Å²) in [5, 5.41) is 5.79. The topological polar surface area (TPSA) is 61.4 Å². The van der Waals surface area contributed by atoms with Crippen LogP contribution < -0.4 is 15.5 Å². The number of hydrogen-bond donors (Lipinski definition) is 2. The molecule has 0 atom stereocenters. The van der Waals surface area contributed by atoms with Gasteiger partial charge < -0.3 is 15.5 Å². The van der Waals surface area contributed by atoms with Gasteiger partial charge >= 0.3 is 11.8 Å². The van der Waals surface area contributed by atoms with Crippen LogP contribution in [-0.2, 0) is 29.0 Å². The van der Waals surface area contributed by atoms with Crippen LogP contribution in [0.25, 0.3) is 0 Å². The van der Waals surface area contributed by atoms with Crippen LogP contribution in [0.3, 0.4) is 0 Å². The zero-order valence-electron chi connectivity index (χ0n) is 17.1. The third-order valence-electron chi connectivity index (χ3n) is 5.44. The molecule has 6 heteroatoms. The SMILES string of the molecule is O=C(NCCc1ccc(N2CCc3ccccc3C2)cc1)C(=O)Nc1ccc(Cl)cc1. The molecular weight excluding hydrogens is 410 g/mol. The van der Waals surface area contributed by atoms with Gasteiger partial charge in [0.2, 0.25) is 0 Å². The third-order valence-corrected chi connectivity index (χ3v) is 5.69. The molecule has 0 saturated heterocycles. The number of rotatable bonds is 5. The van der Waals surface area contributed by atoms with Gasteiger partial charge in [-0.1, -0.05) is 48.0 Å². The van der Waals surface area contributed by atoms with E-state index in [4.69, 9.17) is 11.6 Å². The largest absolute Gasteiger partial charge is 0.367 e. The summed E-state index contributed by atoms with van der Waals surface area (Å²) in [5.74, 6) is -1.35. The molecule has 4 rings (SSSR count). The van der Waals surface area contributed by atoms with E-state index in [0.29, 0.717) is 23.7 Å². The molecule has 2 amide bonds. The Morgan fingerprint density at radius 2 is 1.58 bits per heavy atom. The van der Waals surface area contributed by atoms with Crippen LogP contribution in [0.1, 0.15) is 16.7 Å². The maximum Gasteiger partial charge on any atom is 0.313 e. The lowest BCUT2D eigenvalue weighted by Gasteiger charge is -2.30. The van der Waals surface area contributed by atoms with Crippen LogP contribution in [0.5, 0.6) is 0 Å². The number of halogens is 1. The summed E-state index contributed by atoms with van der Waals surface area (Å²) in [6.07, 6.45) is 1.71. The van der Waals surface area contributed by atoms with Gasteiger partial charge in [-0.05, 0) is 65.9 Å². The Balaban J connectivity index is 1.24. The minimum Gasteiger partial charge on any atom is -0.367 e. The smallest absolute Gasteiger partial charge is 0.313 e. The molecule has 0 radical (unpaired) electrons. The highest BCUT2D eigenvalue weighted by Gasteiger charge is 2.16. The zero-order valence-corrected chi connectivity index (χ0v) is 17.9. The van der Waals surface area contributed by atoms with E-state index in [-0.39, 0.29) is 0 Å². The second-order valence-corrected chi connectivity index (χ2v) is 8.01. The van der Waals surface area contributed by atoms with Crippen molar-refractivity contribution in [2.75, 3.05) is 23.3 Å². The molecule has 0 aliphatic carbocycles. The van der Waals surface area contributed by atoms with Crippen molar-refractivity contribution in [3.05, 3.63) is 94.5 Å². The van der Waals surface area contributed by atoms with E-state index >= 15 is 0 Å². The summed E-state index contributed by atoms with van der Waals surface area (Å²) in [6, 6.07) is 23.6. The first kappa shape index (κ1) is 20.9. The molecule has 1 heterocycles. The van der Waals surface area contributed by atoms with Crippen molar-refractivity contribution in [1.29, 1.82) is 0 Å². The van der Waals surface area contributed by atoms with Crippen molar-refractivity contribution >= 4 is 34.8 Å². The molecule has 3 aromatic rings. The Morgan fingerprint density at radius 3 is 2.32 bits per heavy atom. The molecule has 0 fully saturated rings. The molecule has 0 spiro atoms. The monoisotopic (exact) mass is 433 g/mol. The first-order valence-electron chi connectivity index (χ1n) is 10.3. The van der Waals surface area contributed by atoms with Gasteiger partial charge in [-0.2, -0.15) is 0 Å². The van der Waals surface area contributed by atoms with Crippen molar-refractivity contribution in [2.24, 2.45) is 0 Å². The van der Waals surface area contributed by atoms with Crippen molar-refractivity contribution < 1.29 is 9.59 Å². The molecule has 3 aromatic carbocycles. The van der Waals surface area contributed by atoms with Crippen molar-refractivity contribution in [1.82, 2.24) is 5.32 Å². The van der Waals surface area contributed by atoms with E-state index in [1.165, 1.54) is 16.8 Å². The molecule has 0 aromatic heterocycles. The fourth-order valence-electron chi connectivity index (χ4n) is 3.71. The minimum absolute atomic E-state index is 0.392. The number of fused-ring (bicyclic) bond motifs is 1. The molecule has 158 valence electrons. The number of benzene rings is 3. The van der Waals surface area contributed by atoms with Crippen LogP contribution in [0, 0.1) is 0 Å². The molecule has 0 bridgehead atoms. The van der Waals surface area contributed by atoms with E-state index in [1.807, 2.05) is 0 Å². The van der Waals surface area contributed by atoms with Gasteiger partial charge in [0.15, 0.2) is 0 Å². The maximum atomic E-state index is 12.0. The summed E-state index contributed by atoms with van der Waals surface area (Å²) in [6.45, 7) is 2.33. The lowest BCUT2D eigenvalue weighted by Crippen LogP contribution is -2.36. The van der Waals surface area contributed by atoms with Crippen molar-refractivity contribution in [3.8, 4) is 0 Å². The number of hydrogen-bond acceptors (Lipinski definition) is 3. The fraction of sp³-hybridized carbons (Fsp3) is 0.200. The second-order valence-electron chi connectivity index (χ2n) is 7.57. The van der Waals surface area contributed by atoms with Crippen molar-refractivity contribution in [2.45, 2.75) is 19.4 Å². The Labute approximate surface area is 187 Å². The average Bonchev–Trinajstić information content (AvgIpc) is 2.80. The molecule has 0 unspecified atom stereocenters. The quantitative estimate of drug-likeness (QED) is 0.593. The average molecular weight is 434 g/mol. The lowest BCUT2D eigenvalue weighted by atomic mass is 9.99. The van der Waals surface area contributed by atoms with Crippen LogP contribution in [-0.4, -0.2) is 24.9 Å². The first-order chi connectivity index (χ1) is 15.1. The van der Waals surface area contributed by atoms with Crippen LogP contribution in [0.15, 0.2) is 72.8 Å². The van der Waals surface area contributed by atoms with E-state index in [1.54, 1.807) is 24.3 Å². The predicted molar refractivity (Wildman–Crippen MR) is 124 cm³/mol.